The number of fused-ring (bicyclic) bond motifs is 1. The van der Waals surface area contributed by atoms with E-state index in [1.165, 1.54) is 17.7 Å². The quantitative estimate of drug-likeness (QED) is 0.501. The second-order valence-corrected chi connectivity index (χ2v) is 8.13. The van der Waals surface area contributed by atoms with E-state index in [1.807, 2.05) is 30.9 Å². The van der Waals surface area contributed by atoms with Gasteiger partial charge in [0, 0.05) is 35.3 Å². The van der Waals surface area contributed by atoms with E-state index >= 15 is 0 Å². The zero-order valence-electron chi connectivity index (χ0n) is 16.1. The molecule has 0 spiro atoms. The van der Waals surface area contributed by atoms with Crippen LogP contribution in [0.2, 0.25) is 0 Å². The fraction of sp³-hybridized carbons (Fsp3) is 0.238. The zero-order chi connectivity index (χ0) is 20.5. The number of benzene rings is 2. The molecule has 1 aliphatic heterocycles. The Hall–Kier alpha value is -3.26. The highest BCUT2D eigenvalue weighted by atomic mass is 32.1. The molecule has 0 atom stereocenters. The highest BCUT2D eigenvalue weighted by Crippen LogP contribution is 2.32. The molecule has 0 aliphatic carbocycles. The molecule has 1 N–H and O–H groups in total. The molecule has 3 aromatic rings. The van der Waals surface area contributed by atoms with Gasteiger partial charge in [-0.15, -0.1) is 11.3 Å². The molecule has 7 nitrogen and oxygen atoms in total. The van der Waals surface area contributed by atoms with Crippen LogP contribution in [0, 0.1) is 24.0 Å². The van der Waals surface area contributed by atoms with Gasteiger partial charge in [0.1, 0.15) is 0 Å². The first-order chi connectivity index (χ1) is 13.9. The third kappa shape index (κ3) is 3.97. The monoisotopic (exact) mass is 408 g/mol. The molecule has 0 unspecified atom stereocenters. The zero-order valence-corrected chi connectivity index (χ0v) is 17.0. The van der Waals surface area contributed by atoms with Crippen LogP contribution in [-0.4, -0.2) is 28.9 Å². The number of nitrogens with one attached hydrogen (secondary N) is 1. The van der Waals surface area contributed by atoms with Crippen LogP contribution < -0.4 is 10.2 Å². The third-order valence-corrected chi connectivity index (χ3v) is 5.80. The molecule has 1 aromatic heterocycles. The summed E-state index contributed by atoms with van der Waals surface area (Å²) in [6.45, 7) is 4.76. The van der Waals surface area contributed by atoms with Crippen LogP contribution in [0.25, 0.3) is 11.3 Å². The van der Waals surface area contributed by atoms with Crippen molar-refractivity contribution in [2.75, 3.05) is 23.3 Å². The van der Waals surface area contributed by atoms with Crippen molar-refractivity contribution in [1.82, 2.24) is 4.98 Å². The summed E-state index contributed by atoms with van der Waals surface area (Å²) in [5.41, 5.74) is 5.53. The van der Waals surface area contributed by atoms with Gasteiger partial charge >= 0.3 is 0 Å². The van der Waals surface area contributed by atoms with E-state index in [9.17, 15) is 14.9 Å². The Bertz CT molecular complexity index is 1110. The van der Waals surface area contributed by atoms with Gasteiger partial charge in [0.05, 0.1) is 27.9 Å². The van der Waals surface area contributed by atoms with Crippen molar-refractivity contribution >= 4 is 34.3 Å². The van der Waals surface area contributed by atoms with E-state index < -0.39 is 4.92 Å². The molecule has 0 saturated carbocycles. The molecule has 2 heterocycles. The lowest BCUT2D eigenvalue weighted by Crippen LogP contribution is -2.32. The molecule has 8 heteroatoms. The lowest BCUT2D eigenvalue weighted by atomic mass is 10.1. The Balaban J connectivity index is 1.47. The van der Waals surface area contributed by atoms with Gasteiger partial charge in [-0.05, 0) is 43.5 Å². The minimum Gasteiger partial charge on any atom is -0.362 e. The van der Waals surface area contributed by atoms with Crippen LogP contribution in [0.3, 0.4) is 0 Å². The van der Waals surface area contributed by atoms with Crippen molar-refractivity contribution in [2.45, 2.75) is 20.3 Å². The van der Waals surface area contributed by atoms with Crippen LogP contribution in [0.4, 0.5) is 17.1 Å². The van der Waals surface area contributed by atoms with Gasteiger partial charge in [-0.1, -0.05) is 12.1 Å². The lowest BCUT2D eigenvalue weighted by Gasteiger charge is -2.19. The number of aromatic nitrogens is 1. The minimum atomic E-state index is -0.465. The summed E-state index contributed by atoms with van der Waals surface area (Å²) >= 11 is 1.63. The summed E-state index contributed by atoms with van der Waals surface area (Å²) in [6.07, 6.45) is 0.870. The highest BCUT2D eigenvalue weighted by Gasteiger charge is 2.22. The molecule has 0 saturated heterocycles. The van der Waals surface area contributed by atoms with Gasteiger partial charge in [-0.3, -0.25) is 14.9 Å². The van der Waals surface area contributed by atoms with Gasteiger partial charge in [0.25, 0.3) is 5.69 Å². The summed E-state index contributed by atoms with van der Waals surface area (Å²) in [7, 11) is 0. The normalized spacial score (nSPS) is 12.7. The largest absolute Gasteiger partial charge is 0.362 e. The van der Waals surface area contributed by atoms with Crippen molar-refractivity contribution < 1.29 is 9.72 Å². The van der Waals surface area contributed by atoms with Crippen LogP contribution in [0.15, 0.2) is 41.8 Å². The number of anilines is 2. The first kappa shape index (κ1) is 19.1. The Morgan fingerprint density at radius 3 is 2.83 bits per heavy atom. The summed E-state index contributed by atoms with van der Waals surface area (Å²) in [5, 5.41) is 16.9. The van der Waals surface area contributed by atoms with E-state index in [1.54, 1.807) is 17.4 Å². The average molecular weight is 408 g/mol. The summed E-state index contributed by atoms with van der Waals surface area (Å²) in [5.74, 6) is -0.194. The van der Waals surface area contributed by atoms with Crippen LogP contribution in [-0.2, 0) is 11.2 Å². The Kier molecular flexibility index (Phi) is 5.02. The van der Waals surface area contributed by atoms with Crippen molar-refractivity contribution in [3.8, 4) is 11.3 Å². The molecule has 0 fully saturated rings. The maximum Gasteiger partial charge on any atom is 0.271 e. The number of carbonyl (C=O) groups excluding carboxylic acids is 1. The molecule has 1 amide bonds. The van der Waals surface area contributed by atoms with Gasteiger partial charge in [0.15, 0.2) is 0 Å². The second kappa shape index (κ2) is 7.63. The van der Waals surface area contributed by atoms with Crippen molar-refractivity contribution in [3.05, 3.63) is 68.0 Å². The molecule has 1 aliphatic rings. The first-order valence-electron chi connectivity index (χ1n) is 9.26. The number of non-ortho nitro benzene ring substituents is 1. The molecule has 4 rings (SSSR count). The van der Waals surface area contributed by atoms with Crippen molar-refractivity contribution in [1.29, 1.82) is 0 Å². The Labute approximate surface area is 172 Å². The standard InChI is InChI=1S/C21H20N4O3S/c1-13-3-5-17(25(27)28)10-18(13)23-21(26)11-24-8-7-16-9-15(4-6-20(16)24)19-12-29-14(2)22-19/h3-6,9-10,12H,7-8,11H2,1-2H3,(H,23,26). The highest BCUT2D eigenvalue weighted by molar-refractivity contribution is 7.09. The van der Waals surface area contributed by atoms with Crippen LogP contribution in [0.1, 0.15) is 16.1 Å². The summed E-state index contributed by atoms with van der Waals surface area (Å²) in [6, 6.07) is 10.7. The molecule has 2 aromatic carbocycles. The van der Waals surface area contributed by atoms with Gasteiger partial charge in [0.2, 0.25) is 5.91 Å². The number of hydrogen-bond donors (Lipinski definition) is 1. The fourth-order valence-electron chi connectivity index (χ4n) is 3.51. The van der Waals surface area contributed by atoms with Crippen LogP contribution >= 0.6 is 11.3 Å². The number of nitrogens with zero attached hydrogens (tertiary/aromatic N) is 3. The topological polar surface area (TPSA) is 88.4 Å². The smallest absolute Gasteiger partial charge is 0.271 e. The van der Waals surface area contributed by atoms with Crippen molar-refractivity contribution in [3.63, 3.8) is 0 Å². The number of thiazole rings is 1. The Morgan fingerprint density at radius 1 is 1.28 bits per heavy atom. The van der Waals surface area contributed by atoms with E-state index in [4.69, 9.17) is 0 Å². The first-order valence-corrected chi connectivity index (χ1v) is 10.1. The average Bonchev–Trinajstić information content (AvgIpc) is 3.29. The van der Waals surface area contributed by atoms with Gasteiger partial charge in [-0.25, -0.2) is 4.98 Å². The van der Waals surface area contributed by atoms with Crippen LogP contribution in [0.5, 0.6) is 0 Å². The summed E-state index contributed by atoms with van der Waals surface area (Å²) in [4.78, 5) is 29.7. The third-order valence-electron chi connectivity index (χ3n) is 5.03. The van der Waals surface area contributed by atoms with Crippen molar-refractivity contribution in [2.24, 2.45) is 0 Å². The van der Waals surface area contributed by atoms with E-state index in [-0.39, 0.29) is 18.1 Å². The number of carbonyl (C=O) groups is 1. The van der Waals surface area contributed by atoms with Gasteiger partial charge < -0.3 is 10.2 Å². The van der Waals surface area contributed by atoms with E-state index in [0.717, 1.165) is 40.5 Å². The maximum absolute atomic E-state index is 12.6. The number of hydrogen-bond acceptors (Lipinski definition) is 6. The lowest BCUT2D eigenvalue weighted by molar-refractivity contribution is -0.384. The molecular formula is C21H20N4O3S. The van der Waals surface area contributed by atoms with E-state index in [2.05, 4.69) is 21.7 Å². The number of nitro benzene ring substituents is 1. The number of rotatable bonds is 5. The number of nitro groups is 1. The SMILES string of the molecule is Cc1nc(-c2ccc3c(c2)CCN3CC(=O)Nc2cc([N+](=O)[O-])ccc2C)cs1. The summed E-state index contributed by atoms with van der Waals surface area (Å²) < 4.78 is 0. The predicted molar refractivity (Wildman–Crippen MR) is 115 cm³/mol. The maximum atomic E-state index is 12.6. The molecule has 29 heavy (non-hydrogen) atoms. The van der Waals surface area contributed by atoms with Gasteiger partial charge in [-0.2, -0.15) is 0 Å². The predicted octanol–water partition coefficient (Wildman–Crippen LogP) is 4.34. The molecule has 0 radical (unpaired) electrons. The molecule has 148 valence electrons. The number of amides is 1. The van der Waals surface area contributed by atoms with E-state index in [0.29, 0.717) is 5.69 Å². The number of aryl methyl sites for hydroxylation is 2. The second-order valence-electron chi connectivity index (χ2n) is 7.07. The molecule has 0 bridgehead atoms. The fourth-order valence-corrected chi connectivity index (χ4v) is 4.13. The molecular weight excluding hydrogens is 388 g/mol. The Morgan fingerprint density at radius 2 is 2.10 bits per heavy atom. The minimum absolute atomic E-state index is 0.0396.